The van der Waals surface area contributed by atoms with Crippen molar-refractivity contribution in [2.75, 3.05) is 23.2 Å². The van der Waals surface area contributed by atoms with Gasteiger partial charge in [-0.25, -0.2) is 27.2 Å². The molecule has 2 aromatic carbocycles. The van der Waals surface area contributed by atoms with Crippen molar-refractivity contribution in [3.05, 3.63) is 106 Å². The minimum atomic E-state index is -2.25. The number of carboxylic acids is 2. The highest BCUT2D eigenvalue weighted by Gasteiger charge is 2.82. The molecule has 74 heavy (non-hydrogen) atoms. The SMILES string of the molecule is C.C.C[C@]12C=CC(=O)C=C1[C@@H](F)C[C@H]1[C@@H]3C[C@H]4CN(c5ccc(Cl)cc5)O[C@@]4(C(=O)O)[C@@]3(C)C[C@H](O)[C@@]12F.C[C@]12C=CC(=O)C=C1[C@@H](F)C[C@H]1[C@@H]3C[C@H]4CN(c5ccc(Cl)cc5)O[C@@]4(C(=O)O)[C@@]3(C)C[C@H](O)[C@@]12F. The zero-order valence-corrected chi connectivity index (χ0v) is 41.4. The van der Waals surface area contributed by atoms with Crippen molar-refractivity contribution in [2.24, 2.45) is 57.2 Å². The third-order valence-electron chi connectivity index (χ3n) is 20.1. The van der Waals surface area contributed by atoms with Gasteiger partial charge in [-0.05, 0) is 148 Å². The quantitative estimate of drug-likeness (QED) is 0.214. The number of hydroxylamine groups is 2. The molecule has 2 heterocycles. The summed E-state index contributed by atoms with van der Waals surface area (Å²) in [7, 11) is 0. The van der Waals surface area contributed by atoms with Gasteiger partial charge in [-0.1, -0.05) is 64.1 Å². The molecule has 18 atom stereocenters. The van der Waals surface area contributed by atoms with Crippen molar-refractivity contribution in [3.8, 4) is 0 Å². The number of hydrogen-bond donors (Lipinski definition) is 4. The number of rotatable bonds is 4. The summed E-state index contributed by atoms with van der Waals surface area (Å²) in [6.07, 6.45) is 1.11. The fourth-order valence-electron chi connectivity index (χ4n) is 16.7. The van der Waals surface area contributed by atoms with Gasteiger partial charge in [-0.15, -0.1) is 0 Å². The van der Waals surface area contributed by atoms with Crippen LogP contribution in [0.4, 0.5) is 28.9 Å². The lowest BCUT2D eigenvalue weighted by Gasteiger charge is -2.62. The average Bonchev–Trinajstić information content (AvgIpc) is 4.04. The predicted molar refractivity (Wildman–Crippen MR) is 269 cm³/mol. The second-order valence-electron chi connectivity index (χ2n) is 22.9. The summed E-state index contributed by atoms with van der Waals surface area (Å²) in [6, 6.07) is 13.7. The molecule has 400 valence electrons. The topological polar surface area (TPSA) is 174 Å². The largest absolute Gasteiger partial charge is 0.479 e. The van der Waals surface area contributed by atoms with Crippen LogP contribution in [-0.2, 0) is 28.9 Å². The van der Waals surface area contributed by atoms with Crippen LogP contribution >= 0.6 is 23.2 Å². The second-order valence-corrected chi connectivity index (χ2v) is 23.8. The molecule has 10 aliphatic rings. The van der Waals surface area contributed by atoms with Gasteiger partial charge in [0.25, 0.3) is 0 Å². The molecular formula is C56H64Cl2F4N2O10. The number of fused-ring (bicyclic) bond motifs is 14. The van der Waals surface area contributed by atoms with Crippen molar-refractivity contribution >= 4 is 58.1 Å². The van der Waals surface area contributed by atoms with E-state index in [2.05, 4.69) is 0 Å². The number of hydrogen-bond acceptors (Lipinski definition) is 10. The van der Waals surface area contributed by atoms with E-state index >= 15 is 17.6 Å². The first-order valence-electron chi connectivity index (χ1n) is 24.6. The Balaban J connectivity index is 0.000000177. The van der Waals surface area contributed by atoms with Crippen LogP contribution in [0.25, 0.3) is 0 Å². The molecule has 18 heteroatoms. The summed E-state index contributed by atoms with van der Waals surface area (Å²) in [5.74, 6) is -7.12. The van der Waals surface area contributed by atoms with E-state index in [4.69, 9.17) is 32.9 Å². The molecule has 0 amide bonds. The molecule has 2 aromatic rings. The zero-order valence-electron chi connectivity index (χ0n) is 39.9. The number of ketones is 2. The first kappa shape index (κ1) is 54.2. The summed E-state index contributed by atoms with van der Waals surface area (Å²) >= 11 is 12.0. The maximum Gasteiger partial charge on any atom is 0.339 e. The Bertz CT molecular complexity index is 2630. The standard InChI is InChI=1S/2C27H28ClF2NO5.2CH4/c2*1-24-8-7-17(32)10-20(24)21(29)11-19-18-9-14-13-31(16-5-3-15(28)4-6-16)36-27(14,23(34)35)25(18,2)12-22(33)26(19,24)30;;/h2*3-8,10,14,18-19,21-22,33H,9,11-13H2,1-2H3,(H,34,35);2*1H4/t2*14-,18-,19-,21-,22-,24-,25-,26-,27-;;/m00../s1. The number of aliphatic hydroxyl groups is 2. The first-order valence-corrected chi connectivity index (χ1v) is 25.4. The van der Waals surface area contributed by atoms with Gasteiger partial charge in [-0.2, -0.15) is 0 Å². The zero-order chi connectivity index (χ0) is 51.7. The molecule has 0 unspecified atom stereocenters. The van der Waals surface area contributed by atoms with Crippen LogP contribution in [0.5, 0.6) is 0 Å². The minimum absolute atomic E-state index is 0. The number of allylic oxidation sites excluding steroid dienone is 8. The normalized spacial score (nSPS) is 45.8. The number of carbonyl (C=O) groups is 4. The highest BCUT2D eigenvalue weighted by Crippen LogP contribution is 2.75. The van der Waals surface area contributed by atoms with E-state index in [0.717, 1.165) is 12.2 Å². The summed E-state index contributed by atoms with van der Waals surface area (Å²) in [6.45, 7) is 7.07. The molecule has 12 nitrogen and oxygen atoms in total. The maximum absolute atomic E-state index is 17.3. The van der Waals surface area contributed by atoms with Crippen LogP contribution in [0.2, 0.25) is 10.0 Å². The lowest BCUT2D eigenvalue weighted by molar-refractivity contribution is -0.233. The van der Waals surface area contributed by atoms with Gasteiger partial charge >= 0.3 is 11.9 Å². The summed E-state index contributed by atoms with van der Waals surface area (Å²) in [5, 5.41) is 48.2. The molecule has 0 aromatic heterocycles. The Morgan fingerprint density at radius 1 is 0.595 bits per heavy atom. The van der Waals surface area contributed by atoms with Crippen LogP contribution in [0.3, 0.4) is 0 Å². The van der Waals surface area contributed by atoms with Gasteiger partial charge < -0.3 is 20.4 Å². The highest BCUT2D eigenvalue weighted by atomic mass is 35.5. The number of nitrogens with zero attached hydrogens (tertiary/aromatic N) is 2. The lowest BCUT2D eigenvalue weighted by atomic mass is 9.44. The van der Waals surface area contributed by atoms with Crippen LogP contribution in [0.1, 0.15) is 81.1 Å². The molecule has 0 bridgehead atoms. The second kappa shape index (κ2) is 17.5. The third kappa shape index (κ3) is 6.65. The Morgan fingerprint density at radius 2 is 0.932 bits per heavy atom. The Morgan fingerprint density at radius 3 is 1.26 bits per heavy atom. The molecule has 0 spiro atoms. The number of carboxylic acid groups (broad SMARTS) is 2. The molecule has 2 saturated heterocycles. The van der Waals surface area contributed by atoms with Gasteiger partial charge in [0.15, 0.2) is 22.9 Å². The fourth-order valence-corrected chi connectivity index (χ4v) is 17.0. The number of alkyl halides is 4. The number of anilines is 2. The average molecular weight is 1070 g/mol. The molecule has 6 saturated carbocycles. The summed E-state index contributed by atoms with van der Waals surface area (Å²) < 4.78 is 65.7. The van der Waals surface area contributed by atoms with Crippen molar-refractivity contribution in [2.45, 2.75) is 128 Å². The van der Waals surface area contributed by atoms with Gasteiger partial charge in [0.2, 0.25) is 11.2 Å². The molecule has 8 aliphatic carbocycles. The van der Waals surface area contributed by atoms with Crippen molar-refractivity contribution < 1.29 is 66.8 Å². The minimum Gasteiger partial charge on any atom is -0.479 e. The third-order valence-corrected chi connectivity index (χ3v) is 20.6. The Hall–Kier alpha value is -4.58. The molecule has 8 fully saturated rings. The van der Waals surface area contributed by atoms with E-state index in [-0.39, 0.29) is 64.8 Å². The van der Waals surface area contributed by atoms with Gasteiger partial charge in [0.05, 0.1) is 36.7 Å². The molecule has 4 N–H and O–H groups in total. The molecule has 2 aliphatic heterocycles. The van der Waals surface area contributed by atoms with E-state index in [1.165, 1.54) is 48.3 Å². The van der Waals surface area contributed by atoms with Crippen molar-refractivity contribution in [1.29, 1.82) is 0 Å². The Labute approximate surface area is 437 Å². The van der Waals surface area contributed by atoms with Crippen LogP contribution < -0.4 is 10.1 Å². The van der Waals surface area contributed by atoms with Gasteiger partial charge in [0, 0.05) is 55.4 Å². The first-order chi connectivity index (χ1) is 33.8. The van der Waals surface area contributed by atoms with Crippen LogP contribution in [-0.4, -0.2) is 104 Å². The number of carbonyl (C=O) groups excluding carboxylic acids is 2. The summed E-state index contributed by atoms with van der Waals surface area (Å²) in [4.78, 5) is 62.4. The number of halogens is 6. The smallest absolute Gasteiger partial charge is 0.339 e. The fraction of sp³-hybridized carbons (Fsp3) is 0.571. The van der Waals surface area contributed by atoms with Crippen molar-refractivity contribution in [1.82, 2.24) is 0 Å². The number of aliphatic hydroxyl groups excluding tert-OH is 2. The lowest BCUT2D eigenvalue weighted by Crippen LogP contribution is -2.70. The van der Waals surface area contributed by atoms with E-state index < -0.39 is 128 Å². The molecule has 12 rings (SSSR count). The molecule has 0 radical (unpaired) electrons. The highest BCUT2D eigenvalue weighted by molar-refractivity contribution is 6.31. The molecular weight excluding hydrogens is 1010 g/mol. The monoisotopic (exact) mass is 1070 g/mol. The number of benzene rings is 2. The van der Waals surface area contributed by atoms with Gasteiger partial charge in [-0.3, -0.25) is 29.4 Å². The summed E-state index contributed by atoms with van der Waals surface area (Å²) in [5.41, 5.74) is -11.9. The van der Waals surface area contributed by atoms with Gasteiger partial charge in [0.1, 0.15) is 12.3 Å². The van der Waals surface area contributed by atoms with Crippen LogP contribution in [0, 0.1) is 57.2 Å². The van der Waals surface area contributed by atoms with E-state index in [9.17, 15) is 39.6 Å². The van der Waals surface area contributed by atoms with Crippen molar-refractivity contribution in [3.63, 3.8) is 0 Å². The number of aliphatic carboxylic acids is 2. The van der Waals surface area contributed by atoms with E-state index in [1.807, 2.05) is 0 Å². The Kier molecular flexibility index (Phi) is 12.8. The van der Waals surface area contributed by atoms with Crippen LogP contribution in [0.15, 0.2) is 96.1 Å². The predicted octanol–water partition coefficient (Wildman–Crippen LogP) is 10.2. The van der Waals surface area contributed by atoms with E-state index in [0.29, 0.717) is 34.3 Å². The maximum atomic E-state index is 17.3. The van der Waals surface area contributed by atoms with E-state index in [1.54, 1.807) is 62.4 Å².